The highest BCUT2D eigenvalue weighted by atomic mass is 16.5. The quantitative estimate of drug-likeness (QED) is 0.461. The van der Waals surface area contributed by atoms with Gasteiger partial charge in [-0.3, -0.25) is 0 Å². The number of hydrogen-bond donors (Lipinski definition) is 0. The van der Waals surface area contributed by atoms with E-state index < -0.39 is 0 Å². The van der Waals surface area contributed by atoms with Crippen molar-refractivity contribution >= 4 is 0 Å². The summed E-state index contributed by atoms with van der Waals surface area (Å²) in [6, 6.07) is 0. The smallest absolute Gasteiger partial charge is 0.107 e. The third-order valence-electron chi connectivity index (χ3n) is 0.569. The molecular weight excluding hydrogens is 100 g/mol. The molecule has 0 N–H and O–H groups in total. The van der Waals surface area contributed by atoms with Crippen LogP contribution in [0.25, 0.3) is 0 Å². The Morgan fingerprint density at radius 3 is 2.88 bits per heavy atom. The number of hydrogen-bond acceptors (Lipinski definition) is 1. The molecule has 0 aliphatic rings. The molecule has 0 saturated carbocycles. The van der Waals surface area contributed by atoms with Gasteiger partial charge in [0.05, 0.1) is 0 Å². The van der Waals surface area contributed by atoms with Crippen molar-refractivity contribution in [2.24, 2.45) is 0 Å². The van der Waals surface area contributed by atoms with Crippen LogP contribution >= 0.6 is 0 Å². The minimum atomic E-state index is 0.518. The van der Waals surface area contributed by atoms with Gasteiger partial charge in [-0.15, -0.1) is 0 Å². The third kappa shape index (κ3) is 5.26. The average Bonchev–Trinajstić information content (AvgIpc) is 1.81. The SMILES string of the molecule is C/C=C/C#CCOC. The van der Waals surface area contributed by atoms with E-state index in [0.29, 0.717) is 6.61 Å². The molecule has 8 heavy (non-hydrogen) atoms. The number of rotatable bonds is 1. The highest BCUT2D eigenvalue weighted by Crippen LogP contribution is 1.65. The number of allylic oxidation sites excluding steroid dienone is 2. The van der Waals surface area contributed by atoms with E-state index in [1.54, 1.807) is 13.2 Å². The maximum Gasteiger partial charge on any atom is 0.107 e. The van der Waals surface area contributed by atoms with Crippen molar-refractivity contribution < 1.29 is 4.74 Å². The summed E-state index contributed by atoms with van der Waals surface area (Å²) in [5.74, 6) is 5.56. The zero-order valence-corrected chi connectivity index (χ0v) is 5.27. The molecule has 0 amide bonds. The number of methoxy groups -OCH3 is 1. The fourth-order valence-corrected chi connectivity index (χ4v) is 0.256. The Balaban J connectivity index is 3.21. The van der Waals surface area contributed by atoms with Crippen molar-refractivity contribution in [3.63, 3.8) is 0 Å². The molecule has 1 nitrogen and oxygen atoms in total. The largest absolute Gasteiger partial charge is 0.372 e. The molecule has 0 aromatic heterocycles. The summed E-state index contributed by atoms with van der Waals surface area (Å²) in [6.45, 7) is 2.45. The molecule has 0 aliphatic carbocycles. The van der Waals surface area contributed by atoms with Crippen molar-refractivity contribution in [1.29, 1.82) is 0 Å². The summed E-state index contributed by atoms with van der Waals surface area (Å²) in [5, 5.41) is 0. The second-order valence-electron chi connectivity index (χ2n) is 1.25. The molecule has 0 atom stereocenters. The highest BCUT2D eigenvalue weighted by Gasteiger charge is 1.62. The van der Waals surface area contributed by atoms with Gasteiger partial charge in [0.15, 0.2) is 0 Å². The van der Waals surface area contributed by atoms with Crippen molar-refractivity contribution in [1.82, 2.24) is 0 Å². The summed E-state index contributed by atoms with van der Waals surface area (Å²) in [7, 11) is 1.63. The molecule has 0 bridgehead atoms. The lowest BCUT2D eigenvalue weighted by molar-refractivity contribution is 0.240. The summed E-state index contributed by atoms with van der Waals surface area (Å²) >= 11 is 0. The first-order valence-electron chi connectivity index (χ1n) is 2.50. The van der Waals surface area contributed by atoms with E-state index in [2.05, 4.69) is 16.6 Å². The van der Waals surface area contributed by atoms with Crippen LogP contribution in [-0.4, -0.2) is 13.7 Å². The Morgan fingerprint density at radius 1 is 1.62 bits per heavy atom. The minimum absolute atomic E-state index is 0.518. The van der Waals surface area contributed by atoms with Gasteiger partial charge in [0.1, 0.15) is 6.61 Å². The monoisotopic (exact) mass is 110 g/mol. The fraction of sp³-hybridized carbons (Fsp3) is 0.429. The first kappa shape index (κ1) is 7.26. The van der Waals surface area contributed by atoms with Gasteiger partial charge < -0.3 is 4.74 Å². The fourth-order valence-electron chi connectivity index (χ4n) is 0.256. The second-order valence-corrected chi connectivity index (χ2v) is 1.25. The van der Waals surface area contributed by atoms with Crippen LogP contribution in [-0.2, 0) is 4.74 Å². The first-order valence-corrected chi connectivity index (χ1v) is 2.50. The molecule has 0 aliphatic heterocycles. The van der Waals surface area contributed by atoms with Gasteiger partial charge >= 0.3 is 0 Å². The Morgan fingerprint density at radius 2 is 2.38 bits per heavy atom. The summed E-state index contributed by atoms with van der Waals surface area (Å²) in [6.07, 6.45) is 3.68. The third-order valence-corrected chi connectivity index (χ3v) is 0.569. The van der Waals surface area contributed by atoms with Gasteiger partial charge in [-0.1, -0.05) is 17.9 Å². The Bertz CT molecular complexity index is 114. The molecular formula is C7H10O. The van der Waals surface area contributed by atoms with Crippen LogP contribution in [0.3, 0.4) is 0 Å². The predicted molar refractivity (Wildman–Crippen MR) is 34.5 cm³/mol. The standard InChI is InChI=1S/C7H10O/c1-3-4-5-6-7-8-2/h3-4H,7H2,1-2H3/b4-3+. The van der Waals surface area contributed by atoms with Crippen molar-refractivity contribution in [3.8, 4) is 11.8 Å². The van der Waals surface area contributed by atoms with Gasteiger partial charge in [0, 0.05) is 7.11 Å². The van der Waals surface area contributed by atoms with E-state index in [1.165, 1.54) is 0 Å². The topological polar surface area (TPSA) is 9.23 Å². The van der Waals surface area contributed by atoms with Crippen LogP contribution in [0.4, 0.5) is 0 Å². The van der Waals surface area contributed by atoms with Gasteiger partial charge in [-0.25, -0.2) is 0 Å². The summed E-state index contributed by atoms with van der Waals surface area (Å²) < 4.78 is 4.68. The lowest BCUT2D eigenvalue weighted by Crippen LogP contribution is -1.79. The van der Waals surface area contributed by atoms with Gasteiger partial charge in [0.2, 0.25) is 0 Å². The average molecular weight is 110 g/mol. The highest BCUT2D eigenvalue weighted by molar-refractivity contribution is 5.14. The second kappa shape index (κ2) is 6.26. The van der Waals surface area contributed by atoms with Crippen molar-refractivity contribution in [2.45, 2.75) is 6.92 Å². The normalized spacial score (nSPS) is 8.75. The first-order chi connectivity index (χ1) is 3.91. The predicted octanol–water partition coefficient (Wildman–Crippen LogP) is 1.21. The summed E-state index contributed by atoms with van der Waals surface area (Å²) in [4.78, 5) is 0. The molecule has 0 rings (SSSR count). The van der Waals surface area contributed by atoms with Crippen LogP contribution in [0.5, 0.6) is 0 Å². The van der Waals surface area contributed by atoms with E-state index in [0.717, 1.165) is 0 Å². The van der Waals surface area contributed by atoms with E-state index in [4.69, 9.17) is 0 Å². The molecule has 0 unspecified atom stereocenters. The van der Waals surface area contributed by atoms with Crippen LogP contribution in [0, 0.1) is 11.8 Å². The molecule has 0 heterocycles. The Labute approximate surface area is 50.4 Å². The number of ether oxygens (including phenoxy) is 1. The van der Waals surface area contributed by atoms with E-state index in [1.807, 2.05) is 13.0 Å². The lowest BCUT2D eigenvalue weighted by atomic mass is 10.5. The van der Waals surface area contributed by atoms with Crippen LogP contribution in [0.15, 0.2) is 12.2 Å². The van der Waals surface area contributed by atoms with Crippen molar-refractivity contribution in [3.05, 3.63) is 12.2 Å². The van der Waals surface area contributed by atoms with Gasteiger partial charge in [-0.2, -0.15) is 0 Å². The van der Waals surface area contributed by atoms with Crippen molar-refractivity contribution in [2.75, 3.05) is 13.7 Å². The summed E-state index contributed by atoms with van der Waals surface area (Å²) in [5.41, 5.74) is 0. The Hall–Kier alpha value is -0.740. The Kier molecular flexibility index (Phi) is 5.68. The van der Waals surface area contributed by atoms with Crippen LogP contribution in [0.2, 0.25) is 0 Å². The van der Waals surface area contributed by atoms with E-state index >= 15 is 0 Å². The molecule has 1 heteroatoms. The maximum absolute atomic E-state index is 4.68. The van der Waals surface area contributed by atoms with Crippen LogP contribution < -0.4 is 0 Å². The van der Waals surface area contributed by atoms with Crippen LogP contribution in [0.1, 0.15) is 6.92 Å². The molecule has 0 saturated heterocycles. The maximum atomic E-state index is 4.68. The molecule has 0 spiro atoms. The molecule has 0 radical (unpaired) electrons. The molecule has 0 aromatic carbocycles. The molecule has 0 fully saturated rings. The zero-order valence-electron chi connectivity index (χ0n) is 5.27. The molecule has 0 aromatic rings. The minimum Gasteiger partial charge on any atom is -0.372 e. The van der Waals surface area contributed by atoms with E-state index in [9.17, 15) is 0 Å². The van der Waals surface area contributed by atoms with E-state index in [-0.39, 0.29) is 0 Å². The molecule has 44 valence electrons. The van der Waals surface area contributed by atoms with Gasteiger partial charge in [0.25, 0.3) is 0 Å². The zero-order chi connectivity index (χ0) is 6.24. The van der Waals surface area contributed by atoms with Gasteiger partial charge in [-0.05, 0) is 13.0 Å². The lowest BCUT2D eigenvalue weighted by Gasteiger charge is -1.78.